The number of nitrogens with one attached hydrogen (secondary N) is 1. The van der Waals surface area contributed by atoms with Gasteiger partial charge in [0.1, 0.15) is 11.5 Å². The van der Waals surface area contributed by atoms with Crippen molar-refractivity contribution >= 4 is 21.6 Å². The van der Waals surface area contributed by atoms with E-state index in [4.69, 9.17) is 4.42 Å². The van der Waals surface area contributed by atoms with Gasteiger partial charge in [-0.1, -0.05) is 0 Å². The fourth-order valence-electron chi connectivity index (χ4n) is 2.20. The van der Waals surface area contributed by atoms with Crippen LogP contribution in [-0.2, 0) is 6.18 Å². The first-order valence-corrected chi connectivity index (χ1v) is 7.18. The smallest absolute Gasteiger partial charge is 0.416 e. The molecule has 114 valence electrons. The van der Waals surface area contributed by atoms with E-state index in [0.29, 0.717) is 10.2 Å². The van der Waals surface area contributed by atoms with E-state index in [0.717, 1.165) is 29.2 Å². The Morgan fingerprint density at radius 3 is 2.33 bits per heavy atom. The Morgan fingerprint density at radius 2 is 1.86 bits per heavy atom. The van der Waals surface area contributed by atoms with Crippen molar-refractivity contribution in [1.29, 1.82) is 0 Å². The third kappa shape index (κ3) is 3.61. The second-order valence-electron chi connectivity index (χ2n) is 4.93. The van der Waals surface area contributed by atoms with Gasteiger partial charge in [-0.05, 0) is 61.0 Å². The Hall–Kier alpha value is -1.43. The number of hydrogen-bond acceptors (Lipinski definition) is 2. The zero-order valence-electron chi connectivity index (χ0n) is 11.8. The maximum Gasteiger partial charge on any atom is 0.416 e. The first kappa shape index (κ1) is 15.9. The molecule has 2 rings (SSSR count). The molecular weight excluding hydrogens is 347 g/mol. The normalized spacial score (nSPS) is 13.3. The second-order valence-corrected chi connectivity index (χ2v) is 5.78. The van der Waals surface area contributed by atoms with Crippen LogP contribution in [0, 0.1) is 13.8 Å². The van der Waals surface area contributed by atoms with E-state index in [1.54, 1.807) is 0 Å². The first-order valence-electron chi connectivity index (χ1n) is 6.38. The molecule has 0 amide bonds. The molecule has 2 aromatic rings. The van der Waals surface area contributed by atoms with Crippen molar-refractivity contribution in [2.24, 2.45) is 0 Å². The van der Waals surface area contributed by atoms with Crippen LogP contribution in [0.3, 0.4) is 0 Å². The quantitative estimate of drug-likeness (QED) is 0.741. The van der Waals surface area contributed by atoms with Crippen molar-refractivity contribution in [3.05, 3.63) is 51.4 Å². The zero-order chi connectivity index (χ0) is 15.8. The average Bonchev–Trinajstić information content (AvgIpc) is 2.69. The zero-order valence-corrected chi connectivity index (χ0v) is 13.4. The van der Waals surface area contributed by atoms with Gasteiger partial charge in [0.05, 0.1) is 11.6 Å². The number of hydrogen-bond donors (Lipinski definition) is 1. The van der Waals surface area contributed by atoms with Gasteiger partial charge < -0.3 is 9.73 Å². The van der Waals surface area contributed by atoms with E-state index < -0.39 is 11.7 Å². The first-order chi connectivity index (χ1) is 9.68. The average molecular weight is 362 g/mol. The van der Waals surface area contributed by atoms with Gasteiger partial charge in [0, 0.05) is 15.7 Å². The molecular formula is C15H15BrF3NO. The SMILES string of the molecule is Cc1cc(C(C)Nc2ccc(C(F)(F)F)cc2Br)c(C)o1. The number of rotatable bonds is 3. The summed E-state index contributed by atoms with van der Waals surface area (Å²) in [6.07, 6.45) is -4.34. The lowest BCUT2D eigenvalue weighted by molar-refractivity contribution is -0.137. The molecule has 6 heteroatoms. The largest absolute Gasteiger partial charge is 0.466 e. The molecule has 0 radical (unpaired) electrons. The summed E-state index contributed by atoms with van der Waals surface area (Å²) in [5, 5.41) is 3.19. The Kier molecular flexibility index (Phi) is 4.37. The minimum absolute atomic E-state index is 0.0736. The molecule has 0 saturated carbocycles. The number of furan rings is 1. The lowest BCUT2D eigenvalue weighted by Gasteiger charge is -2.17. The van der Waals surface area contributed by atoms with Gasteiger partial charge in [-0.25, -0.2) is 0 Å². The summed E-state index contributed by atoms with van der Waals surface area (Å²) in [6.45, 7) is 5.65. The van der Waals surface area contributed by atoms with Crippen molar-refractivity contribution in [3.8, 4) is 0 Å². The van der Waals surface area contributed by atoms with Crippen LogP contribution in [-0.4, -0.2) is 0 Å². The van der Waals surface area contributed by atoms with Crippen molar-refractivity contribution in [1.82, 2.24) is 0 Å². The highest BCUT2D eigenvalue weighted by Crippen LogP contribution is 2.35. The maximum absolute atomic E-state index is 12.6. The second kappa shape index (κ2) is 5.75. The van der Waals surface area contributed by atoms with Crippen LogP contribution >= 0.6 is 15.9 Å². The van der Waals surface area contributed by atoms with Crippen molar-refractivity contribution in [3.63, 3.8) is 0 Å². The fraction of sp³-hybridized carbons (Fsp3) is 0.333. The molecule has 2 nitrogen and oxygen atoms in total. The minimum atomic E-state index is -4.34. The van der Waals surface area contributed by atoms with E-state index in [9.17, 15) is 13.2 Å². The topological polar surface area (TPSA) is 25.2 Å². The Morgan fingerprint density at radius 1 is 1.19 bits per heavy atom. The molecule has 1 heterocycles. The van der Waals surface area contributed by atoms with Gasteiger partial charge in [-0.2, -0.15) is 13.2 Å². The standard InChI is InChI=1S/C15H15BrF3NO/c1-8-6-12(10(3)21-8)9(2)20-14-5-4-11(7-13(14)16)15(17,18)19/h4-7,9,20H,1-3H3. The lowest BCUT2D eigenvalue weighted by Crippen LogP contribution is -2.09. The highest BCUT2D eigenvalue weighted by molar-refractivity contribution is 9.10. The number of halogens is 4. The molecule has 0 fully saturated rings. The van der Waals surface area contributed by atoms with Crippen molar-refractivity contribution in [2.75, 3.05) is 5.32 Å². The van der Waals surface area contributed by atoms with E-state index >= 15 is 0 Å². The molecule has 0 aliphatic carbocycles. The van der Waals surface area contributed by atoms with Crippen LogP contribution in [0.2, 0.25) is 0 Å². The van der Waals surface area contributed by atoms with Gasteiger partial charge in [-0.3, -0.25) is 0 Å². The summed E-state index contributed by atoms with van der Waals surface area (Å²) in [6, 6.07) is 5.41. The van der Waals surface area contributed by atoms with Crippen LogP contribution < -0.4 is 5.32 Å². The summed E-state index contributed by atoms with van der Waals surface area (Å²) in [7, 11) is 0. The fourth-order valence-corrected chi connectivity index (χ4v) is 2.69. The predicted octanol–water partition coefficient (Wildman–Crippen LogP) is 5.85. The molecule has 1 N–H and O–H groups in total. The third-order valence-electron chi connectivity index (χ3n) is 3.21. The van der Waals surface area contributed by atoms with Crippen molar-refractivity contribution < 1.29 is 17.6 Å². The van der Waals surface area contributed by atoms with Gasteiger partial charge in [0.15, 0.2) is 0 Å². The highest BCUT2D eigenvalue weighted by Gasteiger charge is 2.30. The number of alkyl halides is 3. The Labute approximate surface area is 129 Å². The van der Waals surface area contributed by atoms with Crippen LogP contribution in [0.4, 0.5) is 18.9 Å². The van der Waals surface area contributed by atoms with Gasteiger partial charge in [-0.15, -0.1) is 0 Å². The minimum Gasteiger partial charge on any atom is -0.466 e. The molecule has 0 bridgehead atoms. The molecule has 0 spiro atoms. The molecule has 1 unspecified atom stereocenters. The lowest BCUT2D eigenvalue weighted by atomic mass is 10.1. The Balaban J connectivity index is 2.22. The summed E-state index contributed by atoms with van der Waals surface area (Å²) in [4.78, 5) is 0. The Bertz CT molecular complexity index is 649. The van der Waals surface area contributed by atoms with E-state index in [-0.39, 0.29) is 6.04 Å². The molecule has 0 aliphatic rings. The van der Waals surface area contributed by atoms with Gasteiger partial charge in [0.25, 0.3) is 0 Å². The van der Waals surface area contributed by atoms with E-state index in [1.165, 1.54) is 6.07 Å². The molecule has 1 aromatic heterocycles. The van der Waals surface area contributed by atoms with Crippen LogP contribution in [0.1, 0.15) is 35.6 Å². The predicted molar refractivity (Wildman–Crippen MR) is 79.4 cm³/mol. The van der Waals surface area contributed by atoms with E-state index in [1.807, 2.05) is 26.8 Å². The summed E-state index contributed by atoms with van der Waals surface area (Å²) in [5.74, 6) is 1.61. The van der Waals surface area contributed by atoms with Gasteiger partial charge in [0.2, 0.25) is 0 Å². The monoisotopic (exact) mass is 361 g/mol. The molecule has 21 heavy (non-hydrogen) atoms. The maximum atomic E-state index is 12.6. The number of benzene rings is 1. The summed E-state index contributed by atoms with van der Waals surface area (Å²) < 4.78 is 43.7. The molecule has 0 saturated heterocycles. The van der Waals surface area contributed by atoms with Gasteiger partial charge >= 0.3 is 6.18 Å². The van der Waals surface area contributed by atoms with Crippen LogP contribution in [0.5, 0.6) is 0 Å². The molecule has 1 atom stereocenters. The van der Waals surface area contributed by atoms with Crippen LogP contribution in [0.15, 0.2) is 33.2 Å². The van der Waals surface area contributed by atoms with E-state index in [2.05, 4.69) is 21.2 Å². The summed E-state index contributed by atoms with van der Waals surface area (Å²) >= 11 is 3.18. The van der Waals surface area contributed by atoms with Crippen LogP contribution in [0.25, 0.3) is 0 Å². The van der Waals surface area contributed by atoms with Crippen molar-refractivity contribution in [2.45, 2.75) is 33.0 Å². The number of anilines is 1. The molecule has 1 aromatic carbocycles. The number of aryl methyl sites for hydroxylation is 2. The molecule has 0 aliphatic heterocycles. The third-order valence-corrected chi connectivity index (χ3v) is 3.87. The highest BCUT2D eigenvalue weighted by atomic mass is 79.9. The summed E-state index contributed by atoms with van der Waals surface area (Å²) in [5.41, 5.74) is 0.913.